The van der Waals surface area contributed by atoms with Gasteiger partial charge in [-0.1, -0.05) is 88.7 Å². The van der Waals surface area contributed by atoms with Crippen molar-refractivity contribution in [1.82, 2.24) is 0 Å². The zero-order chi connectivity index (χ0) is 19.0. The molecule has 2 atom stereocenters. The lowest BCUT2D eigenvalue weighted by Gasteiger charge is -2.39. The standard InChI is InChI=1S/C23H18BrClO2/c1-15(26)27-23(14-24)21(25)13-17-8-3-5-11-19(17)22(23)20-12-6-9-16-7-2-4-10-18(16)20/h2-13,21H,14H2,1H3. The molecule has 1 aliphatic carbocycles. The maximum absolute atomic E-state index is 12.0. The number of rotatable bonds is 3. The summed E-state index contributed by atoms with van der Waals surface area (Å²) in [7, 11) is 0. The molecule has 1 aliphatic rings. The summed E-state index contributed by atoms with van der Waals surface area (Å²) in [4.78, 5) is 12.0. The number of carbonyl (C=O) groups is 1. The average molecular weight is 442 g/mol. The molecular weight excluding hydrogens is 424 g/mol. The van der Waals surface area contributed by atoms with Crippen molar-refractivity contribution in [1.29, 1.82) is 0 Å². The second-order valence-electron chi connectivity index (χ2n) is 6.67. The molecule has 0 fully saturated rings. The minimum Gasteiger partial charge on any atom is -0.451 e. The Bertz CT molecular complexity index is 1150. The van der Waals surface area contributed by atoms with Gasteiger partial charge in [-0.05, 0) is 26.8 Å². The van der Waals surface area contributed by atoms with Crippen LogP contribution in [0.3, 0.4) is 0 Å². The first kappa shape index (κ1) is 18.3. The lowest BCUT2D eigenvalue weighted by atomic mass is 9.79. The smallest absolute Gasteiger partial charge is 0.303 e. The third-order valence-corrected chi connectivity index (χ3v) is 6.32. The van der Waals surface area contributed by atoms with Crippen molar-refractivity contribution in [2.24, 2.45) is 0 Å². The van der Waals surface area contributed by atoms with Crippen LogP contribution in [0.4, 0.5) is 0 Å². The van der Waals surface area contributed by atoms with Gasteiger partial charge in [0.05, 0.1) is 5.38 Å². The number of carbonyl (C=O) groups excluding carboxylic acids is 1. The Balaban J connectivity index is 2.18. The lowest BCUT2D eigenvalue weighted by molar-refractivity contribution is -0.149. The van der Waals surface area contributed by atoms with Crippen LogP contribution in [0.1, 0.15) is 12.5 Å². The van der Waals surface area contributed by atoms with Crippen LogP contribution in [0, 0.1) is 0 Å². The van der Waals surface area contributed by atoms with Crippen molar-refractivity contribution in [3.63, 3.8) is 0 Å². The minimum absolute atomic E-state index is 0.356. The molecule has 0 saturated carbocycles. The zero-order valence-corrected chi connectivity index (χ0v) is 17.1. The third kappa shape index (κ3) is 2.99. The Morgan fingerprint density at radius 2 is 1.78 bits per heavy atom. The van der Waals surface area contributed by atoms with Gasteiger partial charge in [0.25, 0.3) is 0 Å². The molecule has 2 nitrogen and oxygen atoms in total. The van der Waals surface area contributed by atoms with Crippen LogP contribution in [-0.4, -0.2) is 22.3 Å². The SMILES string of the molecule is CC(=O)OC1(CBr)C(c2cccc3ccccc23)=c2ccccc2=CC1Cl. The highest BCUT2D eigenvalue weighted by Gasteiger charge is 2.46. The molecular formula is C23H18BrClO2. The van der Waals surface area contributed by atoms with Crippen molar-refractivity contribution in [3.05, 3.63) is 82.7 Å². The number of hydrogen-bond donors (Lipinski definition) is 0. The Kier molecular flexibility index (Phi) is 4.83. The predicted octanol–water partition coefficient (Wildman–Crippen LogP) is 4.14. The van der Waals surface area contributed by atoms with Crippen LogP contribution >= 0.6 is 27.5 Å². The van der Waals surface area contributed by atoms with E-state index in [9.17, 15) is 4.79 Å². The zero-order valence-electron chi connectivity index (χ0n) is 14.8. The van der Waals surface area contributed by atoms with Crippen LogP contribution in [0.25, 0.3) is 22.4 Å². The number of ether oxygens (including phenoxy) is 1. The van der Waals surface area contributed by atoms with Crippen molar-refractivity contribution in [2.75, 3.05) is 5.33 Å². The van der Waals surface area contributed by atoms with E-state index in [1.807, 2.05) is 42.5 Å². The highest BCUT2D eigenvalue weighted by atomic mass is 79.9. The number of esters is 1. The van der Waals surface area contributed by atoms with Gasteiger partial charge in [0, 0.05) is 17.8 Å². The maximum atomic E-state index is 12.0. The fourth-order valence-corrected chi connectivity index (χ4v) is 5.17. The first-order valence-corrected chi connectivity index (χ1v) is 10.3. The summed E-state index contributed by atoms with van der Waals surface area (Å²) in [6.45, 7) is 1.43. The van der Waals surface area contributed by atoms with E-state index in [4.69, 9.17) is 16.3 Å². The van der Waals surface area contributed by atoms with Crippen LogP contribution in [0.5, 0.6) is 0 Å². The molecule has 0 N–H and O–H groups in total. The number of alkyl halides is 2. The molecule has 4 heteroatoms. The first-order chi connectivity index (χ1) is 13.1. The van der Waals surface area contributed by atoms with Gasteiger partial charge in [0.1, 0.15) is 0 Å². The van der Waals surface area contributed by atoms with E-state index < -0.39 is 11.0 Å². The van der Waals surface area contributed by atoms with E-state index in [2.05, 4.69) is 46.3 Å². The number of fused-ring (bicyclic) bond motifs is 2. The van der Waals surface area contributed by atoms with E-state index in [0.29, 0.717) is 5.33 Å². The van der Waals surface area contributed by atoms with Crippen molar-refractivity contribution in [3.8, 4) is 0 Å². The lowest BCUT2D eigenvalue weighted by Crippen LogP contribution is -2.53. The van der Waals surface area contributed by atoms with Gasteiger partial charge in [-0.25, -0.2) is 0 Å². The topological polar surface area (TPSA) is 26.3 Å². The van der Waals surface area contributed by atoms with Gasteiger partial charge in [0.15, 0.2) is 5.60 Å². The van der Waals surface area contributed by atoms with E-state index in [1.165, 1.54) is 6.92 Å². The molecule has 0 bridgehead atoms. The van der Waals surface area contributed by atoms with E-state index in [-0.39, 0.29) is 5.97 Å². The molecule has 2 unspecified atom stereocenters. The molecule has 0 saturated heterocycles. The number of benzene rings is 3. The second kappa shape index (κ2) is 7.14. The van der Waals surface area contributed by atoms with Crippen LogP contribution in [0.2, 0.25) is 0 Å². The predicted molar refractivity (Wildman–Crippen MR) is 115 cm³/mol. The molecule has 0 aliphatic heterocycles. The Hall–Kier alpha value is -2.10. The van der Waals surface area contributed by atoms with Crippen LogP contribution in [-0.2, 0) is 9.53 Å². The van der Waals surface area contributed by atoms with Gasteiger partial charge >= 0.3 is 5.97 Å². The molecule has 0 aromatic heterocycles. The molecule has 136 valence electrons. The summed E-state index contributed by atoms with van der Waals surface area (Å²) in [5.74, 6) is -0.356. The molecule has 27 heavy (non-hydrogen) atoms. The van der Waals surface area contributed by atoms with E-state index in [1.54, 1.807) is 0 Å². The fraction of sp³-hybridized carbons (Fsp3) is 0.174. The fourth-order valence-electron chi connectivity index (χ4n) is 3.88. The summed E-state index contributed by atoms with van der Waals surface area (Å²) in [6.07, 6.45) is 1.97. The van der Waals surface area contributed by atoms with Gasteiger partial charge in [-0.3, -0.25) is 4.79 Å². The third-order valence-electron chi connectivity index (χ3n) is 5.01. The monoisotopic (exact) mass is 440 g/mol. The van der Waals surface area contributed by atoms with E-state index >= 15 is 0 Å². The summed E-state index contributed by atoms with van der Waals surface area (Å²) < 4.78 is 5.93. The van der Waals surface area contributed by atoms with Crippen molar-refractivity contribution < 1.29 is 9.53 Å². The Morgan fingerprint density at radius 3 is 2.56 bits per heavy atom. The molecule has 0 amide bonds. The minimum atomic E-state index is -0.994. The largest absolute Gasteiger partial charge is 0.451 e. The molecule has 0 spiro atoms. The van der Waals surface area contributed by atoms with Crippen molar-refractivity contribution >= 4 is 55.9 Å². The summed E-state index contributed by atoms with van der Waals surface area (Å²) in [5.41, 5.74) is 0.968. The van der Waals surface area contributed by atoms with Gasteiger partial charge in [-0.15, -0.1) is 11.6 Å². The first-order valence-electron chi connectivity index (χ1n) is 8.76. The molecule has 4 rings (SSSR count). The van der Waals surface area contributed by atoms with Gasteiger partial charge in [-0.2, -0.15) is 0 Å². The Morgan fingerprint density at radius 1 is 1.07 bits per heavy atom. The quantitative estimate of drug-likeness (QED) is 0.451. The normalized spacial score (nSPS) is 21.4. The highest BCUT2D eigenvalue weighted by Crippen LogP contribution is 2.40. The molecule has 3 aromatic carbocycles. The van der Waals surface area contributed by atoms with Crippen LogP contribution in [0.15, 0.2) is 66.7 Å². The highest BCUT2D eigenvalue weighted by molar-refractivity contribution is 9.09. The Labute approximate surface area is 171 Å². The summed E-state index contributed by atoms with van der Waals surface area (Å²) in [6, 6.07) is 22.5. The average Bonchev–Trinajstić information content (AvgIpc) is 2.68. The van der Waals surface area contributed by atoms with Gasteiger partial charge in [0.2, 0.25) is 0 Å². The van der Waals surface area contributed by atoms with Gasteiger partial charge < -0.3 is 4.74 Å². The second-order valence-corrected chi connectivity index (χ2v) is 7.71. The number of hydrogen-bond acceptors (Lipinski definition) is 2. The molecule has 0 heterocycles. The summed E-state index contributed by atoms with van der Waals surface area (Å²) >= 11 is 10.4. The maximum Gasteiger partial charge on any atom is 0.303 e. The van der Waals surface area contributed by atoms with Crippen molar-refractivity contribution in [2.45, 2.75) is 17.9 Å². The molecule has 0 radical (unpaired) electrons. The van der Waals surface area contributed by atoms with Crippen LogP contribution < -0.4 is 10.4 Å². The number of halogens is 2. The molecule has 3 aromatic rings. The summed E-state index contributed by atoms with van der Waals surface area (Å²) in [5, 5.41) is 4.22. The van der Waals surface area contributed by atoms with E-state index in [0.717, 1.165) is 32.3 Å².